The minimum Gasteiger partial charge on any atom is -0.126 e. The van der Waals surface area contributed by atoms with Crippen LogP contribution in [0.4, 0.5) is 0 Å². The summed E-state index contributed by atoms with van der Waals surface area (Å²) in [5, 5.41) is 0.697. The Labute approximate surface area is 96.4 Å². The second-order valence-corrected chi connectivity index (χ2v) is 4.01. The van der Waals surface area contributed by atoms with E-state index in [9.17, 15) is 0 Å². The second kappa shape index (κ2) is 5.54. The van der Waals surface area contributed by atoms with E-state index in [1.54, 1.807) is 0 Å². The van der Waals surface area contributed by atoms with E-state index in [-0.39, 0.29) is 0 Å². The molecule has 0 bridgehead atoms. The molecule has 0 atom stereocenters. The van der Waals surface area contributed by atoms with Gasteiger partial charge in [0.15, 0.2) is 0 Å². The maximum atomic E-state index is 5.83. The van der Waals surface area contributed by atoms with Gasteiger partial charge in [0.25, 0.3) is 0 Å². The van der Waals surface area contributed by atoms with Crippen LogP contribution in [0.3, 0.4) is 0 Å². The molecule has 0 aliphatic rings. The smallest absolute Gasteiger partial charge is 0.0548 e. The fraction of sp³-hybridized carbons (Fsp3) is 0.200. The summed E-state index contributed by atoms with van der Waals surface area (Å²) < 4.78 is 0.867. The molecule has 0 aromatic heterocycles. The molecule has 1 aromatic rings. The normalized spacial score (nSPS) is 9.15. The summed E-state index contributed by atoms with van der Waals surface area (Å²) in [7, 11) is 0. The lowest BCUT2D eigenvalue weighted by atomic mass is 10.2. The van der Waals surface area contributed by atoms with Gasteiger partial charge in [-0.25, -0.2) is 0 Å². The van der Waals surface area contributed by atoms with Crippen molar-refractivity contribution in [1.29, 1.82) is 0 Å². The first-order valence-corrected chi connectivity index (χ1v) is 5.44. The fourth-order valence-corrected chi connectivity index (χ4v) is 1.38. The Kier molecular flexibility index (Phi) is 4.66. The van der Waals surface area contributed by atoms with Gasteiger partial charge in [-0.05, 0) is 34.1 Å². The Bertz CT molecular complexity index is 350. The number of halogens is 3. The van der Waals surface area contributed by atoms with Gasteiger partial charge in [-0.1, -0.05) is 23.4 Å². The molecule has 0 amide bonds. The van der Waals surface area contributed by atoms with Crippen LogP contribution in [0.5, 0.6) is 0 Å². The molecule has 0 aliphatic heterocycles. The molecule has 3 heteroatoms. The van der Waals surface area contributed by atoms with Crippen molar-refractivity contribution in [1.82, 2.24) is 0 Å². The predicted molar refractivity (Wildman–Crippen MR) is 61.4 cm³/mol. The summed E-state index contributed by atoms with van der Waals surface area (Å²) in [4.78, 5) is 0. The van der Waals surface area contributed by atoms with Gasteiger partial charge in [-0.3, -0.25) is 0 Å². The third-order valence-corrected chi connectivity index (χ3v) is 2.77. The minimum atomic E-state index is 0.571. The van der Waals surface area contributed by atoms with E-state index in [0.29, 0.717) is 17.3 Å². The highest BCUT2D eigenvalue weighted by Crippen LogP contribution is 2.22. The topological polar surface area (TPSA) is 0 Å². The Morgan fingerprint density at radius 1 is 1.38 bits per heavy atom. The second-order valence-electron chi connectivity index (χ2n) is 2.37. The summed E-state index contributed by atoms with van der Waals surface area (Å²) in [6, 6.07) is 5.59. The highest BCUT2D eigenvalue weighted by molar-refractivity contribution is 9.10. The molecule has 0 fully saturated rings. The Morgan fingerprint density at radius 2 is 2.15 bits per heavy atom. The van der Waals surface area contributed by atoms with Crippen LogP contribution in [-0.2, 0) is 0 Å². The fourth-order valence-electron chi connectivity index (χ4n) is 0.786. The zero-order valence-corrected chi connectivity index (χ0v) is 9.88. The molecular weight excluding hydrogens is 271 g/mol. The molecule has 0 heterocycles. The van der Waals surface area contributed by atoms with E-state index in [1.807, 2.05) is 18.2 Å². The van der Waals surface area contributed by atoms with E-state index in [0.717, 1.165) is 10.0 Å². The third kappa shape index (κ3) is 3.60. The summed E-state index contributed by atoms with van der Waals surface area (Å²) >= 11 is 14.6. The zero-order valence-electron chi connectivity index (χ0n) is 6.78. The predicted octanol–water partition coefficient (Wildman–Crippen LogP) is 4.08. The van der Waals surface area contributed by atoms with Crippen molar-refractivity contribution in [3.05, 3.63) is 33.3 Å². The first kappa shape index (κ1) is 10.9. The van der Waals surface area contributed by atoms with Gasteiger partial charge in [0.2, 0.25) is 0 Å². The van der Waals surface area contributed by atoms with E-state index in [1.165, 1.54) is 0 Å². The van der Waals surface area contributed by atoms with Gasteiger partial charge in [-0.15, -0.1) is 11.6 Å². The number of benzene rings is 1. The lowest BCUT2D eigenvalue weighted by Gasteiger charge is -1.95. The van der Waals surface area contributed by atoms with Gasteiger partial charge in [-0.2, -0.15) is 0 Å². The lowest BCUT2D eigenvalue weighted by Crippen LogP contribution is -1.76. The molecule has 0 spiro atoms. The summed E-state index contributed by atoms with van der Waals surface area (Å²) in [6.45, 7) is 0. The lowest BCUT2D eigenvalue weighted by molar-refractivity contribution is 1.29. The van der Waals surface area contributed by atoms with Crippen molar-refractivity contribution in [2.24, 2.45) is 0 Å². The minimum absolute atomic E-state index is 0.571. The first-order chi connectivity index (χ1) is 6.24. The van der Waals surface area contributed by atoms with Gasteiger partial charge in [0, 0.05) is 22.3 Å². The summed E-state index contributed by atoms with van der Waals surface area (Å²) in [5.41, 5.74) is 0.946. The van der Waals surface area contributed by atoms with E-state index in [2.05, 4.69) is 27.8 Å². The molecule has 0 aliphatic carbocycles. The Balaban J connectivity index is 2.81. The molecule has 1 rings (SSSR count). The van der Waals surface area contributed by atoms with Crippen LogP contribution in [0.1, 0.15) is 12.0 Å². The molecule has 68 valence electrons. The molecule has 13 heavy (non-hydrogen) atoms. The van der Waals surface area contributed by atoms with Gasteiger partial charge < -0.3 is 0 Å². The van der Waals surface area contributed by atoms with Crippen molar-refractivity contribution in [2.45, 2.75) is 6.42 Å². The van der Waals surface area contributed by atoms with Crippen molar-refractivity contribution >= 4 is 39.1 Å². The molecule has 0 nitrogen and oxygen atoms in total. The van der Waals surface area contributed by atoms with Gasteiger partial charge in [0.1, 0.15) is 0 Å². The van der Waals surface area contributed by atoms with Crippen molar-refractivity contribution in [3.63, 3.8) is 0 Å². The monoisotopic (exact) mass is 276 g/mol. The van der Waals surface area contributed by atoms with Crippen LogP contribution in [0.25, 0.3) is 0 Å². The average Bonchev–Trinajstić information content (AvgIpc) is 2.12. The standard InChI is InChI=1S/C10H7BrCl2/c11-9-7-8(3-1-2-6-12)4-5-10(9)13/h4-5,7H,2,6H2. The van der Waals surface area contributed by atoms with Gasteiger partial charge >= 0.3 is 0 Å². The van der Waals surface area contributed by atoms with Crippen LogP contribution in [0, 0.1) is 11.8 Å². The number of rotatable bonds is 1. The molecule has 0 saturated carbocycles. The third-order valence-electron chi connectivity index (χ3n) is 1.37. The zero-order chi connectivity index (χ0) is 9.68. The van der Waals surface area contributed by atoms with Crippen molar-refractivity contribution < 1.29 is 0 Å². The molecule has 0 unspecified atom stereocenters. The quantitative estimate of drug-likeness (QED) is 0.536. The molecular formula is C10H7BrCl2. The number of alkyl halides is 1. The SMILES string of the molecule is ClCCC#Cc1ccc(Cl)c(Br)c1. The first-order valence-electron chi connectivity index (χ1n) is 3.74. The van der Waals surface area contributed by atoms with Crippen LogP contribution in [0.2, 0.25) is 5.02 Å². The van der Waals surface area contributed by atoms with Crippen molar-refractivity contribution in [2.75, 3.05) is 5.88 Å². The molecule has 0 radical (unpaired) electrons. The van der Waals surface area contributed by atoms with E-state index >= 15 is 0 Å². The number of hydrogen-bond donors (Lipinski definition) is 0. The van der Waals surface area contributed by atoms with Crippen LogP contribution < -0.4 is 0 Å². The molecule has 1 aromatic carbocycles. The number of hydrogen-bond acceptors (Lipinski definition) is 0. The Morgan fingerprint density at radius 3 is 2.77 bits per heavy atom. The van der Waals surface area contributed by atoms with E-state index < -0.39 is 0 Å². The highest BCUT2D eigenvalue weighted by Gasteiger charge is 1.95. The molecule has 0 saturated heterocycles. The van der Waals surface area contributed by atoms with E-state index in [4.69, 9.17) is 23.2 Å². The summed E-state index contributed by atoms with van der Waals surface area (Å²) in [6.07, 6.45) is 0.710. The molecule has 0 N–H and O–H groups in total. The van der Waals surface area contributed by atoms with Crippen LogP contribution in [-0.4, -0.2) is 5.88 Å². The highest BCUT2D eigenvalue weighted by atomic mass is 79.9. The largest absolute Gasteiger partial charge is 0.126 e. The van der Waals surface area contributed by atoms with Crippen LogP contribution in [0.15, 0.2) is 22.7 Å². The van der Waals surface area contributed by atoms with Crippen molar-refractivity contribution in [3.8, 4) is 11.8 Å². The summed E-state index contributed by atoms with van der Waals surface area (Å²) in [5.74, 6) is 6.51. The van der Waals surface area contributed by atoms with Crippen LogP contribution >= 0.6 is 39.1 Å². The maximum Gasteiger partial charge on any atom is 0.0548 e. The average molecular weight is 278 g/mol. The maximum absolute atomic E-state index is 5.83. The Hall–Kier alpha value is -0.160. The van der Waals surface area contributed by atoms with Gasteiger partial charge in [0.05, 0.1) is 5.02 Å².